The van der Waals surface area contributed by atoms with Crippen molar-refractivity contribution in [1.82, 2.24) is 14.3 Å². The number of fused-ring (bicyclic) bond motifs is 1. The Morgan fingerprint density at radius 3 is 2.32 bits per heavy atom. The van der Waals surface area contributed by atoms with Crippen molar-refractivity contribution in [3.8, 4) is 0 Å². The van der Waals surface area contributed by atoms with Gasteiger partial charge in [-0.1, -0.05) is 82.3 Å². The summed E-state index contributed by atoms with van der Waals surface area (Å²) >= 11 is 0. The average Bonchev–Trinajstić information content (AvgIpc) is 2.90. The molecule has 2 aromatic heterocycles. The van der Waals surface area contributed by atoms with Gasteiger partial charge in [0.2, 0.25) is 0 Å². The lowest BCUT2D eigenvalue weighted by molar-refractivity contribution is 0.0511. The first-order chi connectivity index (χ1) is 18.1. The van der Waals surface area contributed by atoms with E-state index in [1.807, 2.05) is 84.6 Å². The summed E-state index contributed by atoms with van der Waals surface area (Å²) in [6, 6.07) is 22.7. The summed E-state index contributed by atoms with van der Waals surface area (Å²) in [7, 11) is 0. The van der Waals surface area contributed by atoms with Gasteiger partial charge in [-0.25, -0.2) is 4.98 Å². The Labute approximate surface area is 225 Å². The topological polar surface area (TPSA) is 80.7 Å². The first-order valence-electron chi connectivity index (χ1n) is 13.2. The van der Waals surface area contributed by atoms with Crippen LogP contribution in [0.5, 0.6) is 0 Å². The first-order valence-corrected chi connectivity index (χ1v) is 13.2. The second kappa shape index (κ2) is 11.3. The Kier molecular flexibility index (Phi) is 8.12. The Morgan fingerprint density at radius 2 is 1.66 bits per heavy atom. The molecule has 6 nitrogen and oxygen atoms in total. The third kappa shape index (κ3) is 5.70. The second-order valence-electron chi connectivity index (χ2n) is 11.2. The number of carbonyl (C=O) groups is 1. The SMILES string of the molecule is Cc1ccccc1C(=O)N(CC(C)(C)CN)C(c1nc2ccccn2c(=O)c1Cc1ccccc1)C(C)C. The third-order valence-electron chi connectivity index (χ3n) is 7.12. The van der Waals surface area contributed by atoms with Crippen molar-refractivity contribution in [2.45, 2.75) is 47.1 Å². The van der Waals surface area contributed by atoms with Gasteiger partial charge in [0.15, 0.2) is 0 Å². The normalized spacial score (nSPS) is 12.6. The molecule has 0 bridgehead atoms. The molecule has 4 aromatic rings. The smallest absolute Gasteiger partial charge is 0.261 e. The minimum absolute atomic E-state index is 0.0101. The van der Waals surface area contributed by atoms with Gasteiger partial charge in [-0.05, 0) is 54.1 Å². The Balaban J connectivity index is 1.97. The van der Waals surface area contributed by atoms with Crippen molar-refractivity contribution in [3.05, 3.63) is 117 Å². The van der Waals surface area contributed by atoms with Crippen LogP contribution in [0, 0.1) is 18.3 Å². The number of carbonyl (C=O) groups excluding carboxylic acids is 1. The summed E-state index contributed by atoms with van der Waals surface area (Å²) in [5, 5.41) is 0. The standard InChI is InChI=1S/C32H38N4O2/c1-22(2)29(36(21-32(4,5)20-33)30(37)25-16-10-9-13-23(25)3)28-26(19-24-14-7-6-8-15-24)31(38)35-18-12-11-17-27(35)34-28/h6-18,22,29H,19-21,33H2,1-5H3. The van der Waals surface area contributed by atoms with Crippen LogP contribution in [0.3, 0.4) is 0 Å². The molecule has 0 fully saturated rings. The molecule has 0 aliphatic heterocycles. The monoisotopic (exact) mass is 510 g/mol. The molecule has 2 aromatic carbocycles. The maximum Gasteiger partial charge on any atom is 0.261 e. The van der Waals surface area contributed by atoms with Gasteiger partial charge in [0.25, 0.3) is 11.5 Å². The Morgan fingerprint density at radius 1 is 1.00 bits per heavy atom. The van der Waals surface area contributed by atoms with Gasteiger partial charge >= 0.3 is 0 Å². The number of rotatable bonds is 9. The van der Waals surface area contributed by atoms with Crippen LogP contribution in [-0.2, 0) is 6.42 Å². The lowest BCUT2D eigenvalue weighted by Gasteiger charge is -2.40. The van der Waals surface area contributed by atoms with Gasteiger partial charge in [-0.15, -0.1) is 0 Å². The summed E-state index contributed by atoms with van der Waals surface area (Å²) in [4.78, 5) is 35.2. The van der Waals surface area contributed by atoms with Crippen LogP contribution in [0.1, 0.15) is 66.5 Å². The van der Waals surface area contributed by atoms with Gasteiger partial charge < -0.3 is 10.6 Å². The molecule has 2 heterocycles. The van der Waals surface area contributed by atoms with Crippen LogP contribution >= 0.6 is 0 Å². The van der Waals surface area contributed by atoms with Crippen molar-refractivity contribution < 1.29 is 4.79 Å². The molecule has 0 spiro atoms. The zero-order valence-corrected chi connectivity index (χ0v) is 23.0. The van der Waals surface area contributed by atoms with Crippen LogP contribution in [0.4, 0.5) is 0 Å². The molecular formula is C32H38N4O2. The molecule has 6 heteroatoms. The minimum Gasteiger partial charge on any atom is -0.330 e. The lowest BCUT2D eigenvalue weighted by Crippen LogP contribution is -2.46. The predicted molar refractivity (Wildman–Crippen MR) is 153 cm³/mol. The van der Waals surface area contributed by atoms with E-state index in [0.29, 0.717) is 42.0 Å². The van der Waals surface area contributed by atoms with E-state index in [4.69, 9.17) is 10.7 Å². The first kappa shape index (κ1) is 27.3. The highest BCUT2D eigenvalue weighted by Gasteiger charge is 2.36. The summed E-state index contributed by atoms with van der Waals surface area (Å²) < 4.78 is 1.59. The van der Waals surface area contributed by atoms with E-state index in [1.165, 1.54) is 0 Å². The number of pyridine rings is 1. The van der Waals surface area contributed by atoms with E-state index in [9.17, 15) is 9.59 Å². The summed E-state index contributed by atoms with van der Waals surface area (Å²) in [5.74, 6) is -0.0897. The highest BCUT2D eigenvalue weighted by Crippen LogP contribution is 2.34. The maximum atomic E-state index is 14.3. The fourth-order valence-corrected chi connectivity index (χ4v) is 4.97. The molecule has 198 valence electrons. The van der Waals surface area contributed by atoms with Gasteiger partial charge in [-0.2, -0.15) is 0 Å². The van der Waals surface area contributed by atoms with E-state index in [-0.39, 0.29) is 22.8 Å². The number of aryl methyl sites for hydroxylation is 1. The van der Waals surface area contributed by atoms with Crippen LogP contribution in [-0.4, -0.2) is 33.3 Å². The van der Waals surface area contributed by atoms with Gasteiger partial charge in [0.05, 0.1) is 11.7 Å². The molecule has 0 aliphatic carbocycles. The Bertz CT molecular complexity index is 1470. The van der Waals surface area contributed by atoms with E-state index in [1.54, 1.807) is 10.6 Å². The number of nitrogens with zero attached hydrogens (tertiary/aromatic N) is 3. The maximum absolute atomic E-state index is 14.3. The van der Waals surface area contributed by atoms with E-state index < -0.39 is 6.04 Å². The van der Waals surface area contributed by atoms with Crippen LogP contribution in [0.15, 0.2) is 83.8 Å². The fourth-order valence-electron chi connectivity index (χ4n) is 4.97. The van der Waals surface area contributed by atoms with Gasteiger partial charge in [0, 0.05) is 30.3 Å². The summed E-state index contributed by atoms with van der Waals surface area (Å²) in [6.45, 7) is 11.1. The molecule has 38 heavy (non-hydrogen) atoms. The van der Waals surface area contributed by atoms with Crippen molar-refractivity contribution in [2.24, 2.45) is 17.1 Å². The molecule has 0 aliphatic rings. The second-order valence-corrected chi connectivity index (χ2v) is 11.2. The molecule has 4 rings (SSSR count). The molecular weight excluding hydrogens is 472 g/mol. The largest absolute Gasteiger partial charge is 0.330 e. The zero-order valence-electron chi connectivity index (χ0n) is 23.0. The number of hydrogen-bond acceptors (Lipinski definition) is 4. The average molecular weight is 511 g/mol. The number of hydrogen-bond donors (Lipinski definition) is 1. The fraction of sp³-hybridized carbons (Fsp3) is 0.344. The van der Waals surface area contributed by atoms with Crippen molar-refractivity contribution in [3.63, 3.8) is 0 Å². The van der Waals surface area contributed by atoms with E-state index >= 15 is 0 Å². The highest BCUT2D eigenvalue weighted by atomic mass is 16.2. The number of nitrogens with two attached hydrogens (primary N) is 1. The number of benzene rings is 2. The highest BCUT2D eigenvalue weighted by molar-refractivity contribution is 5.96. The zero-order chi connectivity index (χ0) is 27.4. The Hall–Kier alpha value is -3.77. The van der Waals surface area contributed by atoms with E-state index in [0.717, 1.165) is 11.1 Å². The predicted octanol–water partition coefficient (Wildman–Crippen LogP) is 5.42. The number of amides is 1. The molecule has 2 N–H and O–H groups in total. The molecule has 1 unspecified atom stereocenters. The molecule has 0 saturated carbocycles. The van der Waals surface area contributed by atoms with Crippen LogP contribution in [0.2, 0.25) is 0 Å². The van der Waals surface area contributed by atoms with Crippen LogP contribution in [0.25, 0.3) is 5.65 Å². The lowest BCUT2D eigenvalue weighted by atomic mass is 9.87. The molecule has 1 atom stereocenters. The van der Waals surface area contributed by atoms with Crippen molar-refractivity contribution in [1.29, 1.82) is 0 Å². The number of aromatic nitrogens is 2. The van der Waals surface area contributed by atoms with E-state index in [2.05, 4.69) is 27.7 Å². The molecule has 0 saturated heterocycles. The molecule has 1 amide bonds. The van der Waals surface area contributed by atoms with Crippen molar-refractivity contribution in [2.75, 3.05) is 13.1 Å². The summed E-state index contributed by atoms with van der Waals surface area (Å²) in [6.07, 6.45) is 2.18. The minimum atomic E-state index is -0.426. The van der Waals surface area contributed by atoms with Gasteiger partial charge in [-0.3, -0.25) is 14.0 Å². The summed E-state index contributed by atoms with van der Waals surface area (Å²) in [5.41, 5.74) is 10.1. The third-order valence-corrected chi connectivity index (χ3v) is 7.12. The van der Waals surface area contributed by atoms with Crippen molar-refractivity contribution >= 4 is 11.6 Å². The molecule has 0 radical (unpaired) electrons. The van der Waals surface area contributed by atoms with Crippen LogP contribution < -0.4 is 11.3 Å². The van der Waals surface area contributed by atoms with Gasteiger partial charge in [0.1, 0.15) is 5.65 Å². The quantitative estimate of drug-likeness (QED) is 0.326.